The Morgan fingerprint density at radius 3 is 3.00 bits per heavy atom. The number of ether oxygens (including phenoxy) is 2. The van der Waals surface area contributed by atoms with Crippen LogP contribution in [0.15, 0.2) is 29.0 Å². The number of amides is 1. The fourth-order valence-electron chi connectivity index (χ4n) is 3.23. The second-order valence-electron chi connectivity index (χ2n) is 6.29. The van der Waals surface area contributed by atoms with E-state index in [2.05, 4.69) is 15.6 Å². The molecule has 1 unspecified atom stereocenters. The van der Waals surface area contributed by atoms with Crippen LogP contribution in [0.2, 0.25) is 0 Å². The molecule has 132 valence electrons. The molecule has 1 amide bonds. The minimum atomic E-state index is -0.218. The standard InChI is InChI=1S/C18H21N3O4/c22-18(20-6-4-12-3-5-19-10-12)16-17(25-11-21-16)13-1-2-14-15(9-13)24-8-7-23-14/h1-2,9,11-12,19H,3-8,10H2,(H,20,22). The third-order valence-electron chi connectivity index (χ3n) is 4.59. The quantitative estimate of drug-likeness (QED) is 0.862. The van der Waals surface area contributed by atoms with Crippen molar-refractivity contribution in [2.24, 2.45) is 5.92 Å². The average Bonchev–Trinajstić information content (AvgIpc) is 3.33. The molecule has 7 nitrogen and oxygen atoms in total. The largest absolute Gasteiger partial charge is 0.486 e. The van der Waals surface area contributed by atoms with Crippen LogP contribution in [0, 0.1) is 5.92 Å². The summed E-state index contributed by atoms with van der Waals surface area (Å²) in [7, 11) is 0. The molecule has 2 aliphatic rings. The van der Waals surface area contributed by atoms with Crippen LogP contribution in [0.3, 0.4) is 0 Å². The molecule has 1 fully saturated rings. The van der Waals surface area contributed by atoms with Crippen LogP contribution in [0.5, 0.6) is 11.5 Å². The van der Waals surface area contributed by atoms with Gasteiger partial charge in [0.25, 0.3) is 5.91 Å². The smallest absolute Gasteiger partial charge is 0.273 e. The van der Waals surface area contributed by atoms with Crippen molar-refractivity contribution in [3.8, 4) is 22.8 Å². The molecule has 4 rings (SSSR count). The van der Waals surface area contributed by atoms with E-state index < -0.39 is 0 Å². The molecule has 2 aromatic rings. The minimum Gasteiger partial charge on any atom is -0.486 e. The number of aromatic nitrogens is 1. The highest BCUT2D eigenvalue weighted by Crippen LogP contribution is 2.35. The lowest BCUT2D eigenvalue weighted by Crippen LogP contribution is -2.27. The van der Waals surface area contributed by atoms with Crippen LogP contribution in [0.1, 0.15) is 23.3 Å². The average molecular weight is 343 g/mol. The van der Waals surface area contributed by atoms with E-state index in [1.807, 2.05) is 18.2 Å². The molecule has 1 aromatic heterocycles. The number of oxazole rings is 1. The van der Waals surface area contributed by atoms with Gasteiger partial charge in [-0.15, -0.1) is 0 Å². The number of benzene rings is 1. The van der Waals surface area contributed by atoms with Crippen LogP contribution in [-0.4, -0.2) is 43.7 Å². The number of fused-ring (bicyclic) bond motifs is 1. The van der Waals surface area contributed by atoms with Crippen LogP contribution in [0.25, 0.3) is 11.3 Å². The van der Waals surface area contributed by atoms with Gasteiger partial charge in [0.15, 0.2) is 29.3 Å². The lowest BCUT2D eigenvalue weighted by atomic mass is 10.1. The van der Waals surface area contributed by atoms with Gasteiger partial charge in [-0.3, -0.25) is 4.79 Å². The molecule has 2 aliphatic heterocycles. The Morgan fingerprint density at radius 2 is 2.16 bits per heavy atom. The molecule has 1 aromatic carbocycles. The molecular weight excluding hydrogens is 322 g/mol. The van der Waals surface area contributed by atoms with Crippen molar-refractivity contribution in [1.82, 2.24) is 15.6 Å². The van der Waals surface area contributed by atoms with Gasteiger partial charge in [0.2, 0.25) is 0 Å². The fourth-order valence-corrected chi connectivity index (χ4v) is 3.23. The molecule has 0 radical (unpaired) electrons. The Kier molecular flexibility index (Phi) is 4.56. The molecule has 0 bridgehead atoms. The van der Waals surface area contributed by atoms with Gasteiger partial charge in [-0.1, -0.05) is 0 Å². The SMILES string of the molecule is O=C(NCCC1CCNC1)c1ncoc1-c1ccc2c(c1)OCCO2. The van der Waals surface area contributed by atoms with Gasteiger partial charge in [0.05, 0.1) is 0 Å². The Bertz CT molecular complexity index is 753. The van der Waals surface area contributed by atoms with E-state index in [1.54, 1.807) is 0 Å². The molecule has 1 atom stereocenters. The monoisotopic (exact) mass is 343 g/mol. The van der Waals surface area contributed by atoms with E-state index in [4.69, 9.17) is 13.9 Å². The van der Waals surface area contributed by atoms with Gasteiger partial charge in [-0.05, 0) is 50.0 Å². The summed E-state index contributed by atoms with van der Waals surface area (Å²) >= 11 is 0. The third-order valence-corrected chi connectivity index (χ3v) is 4.59. The van der Waals surface area contributed by atoms with Crippen molar-refractivity contribution in [2.75, 3.05) is 32.8 Å². The fraction of sp³-hybridized carbons (Fsp3) is 0.444. The first-order valence-electron chi connectivity index (χ1n) is 8.63. The molecule has 0 aliphatic carbocycles. The highest BCUT2D eigenvalue weighted by Gasteiger charge is 2.21. The van der Waals surface area contributed by atoms with Crippen molar-refractivity contribution in [3.63, 3.8) is 0 Å². The molecule has 2 N–H and O–H groups in total. The summed E-state index contributed by atoms with van der Waals surface area (Å²) in [6.07, 6.45) is 3.43. The van der Waals surface area contributed by atoms with Crippen molar-refractivity contribution >= 4 is 5.91 Å². The van der Waals surface area contributed by atoms with E-state index in [1.165, 1.54) is 12.8 Å². The zero-order valence-electron chi connectivity index (χ0n) is 13.9. The third kappa shape index (κ3) is 3.46. The van der Waals surface area contributed by atoms with Gasteiger partial charge in [-0.25, -0.2) is 4.98 Å². The molecule has 25 heavy (non-hydrogen) atoms. The van der Waals surface area contributed by atoms with Crippen LogP contribution in [-0.2, 0) is 0 Å². The van der Waals surface area contributed by atoms with Gasteiger partial charge in [-0.2, -0.15) is 0 Å². The normalized spacial score (nSPS) is 19.0. The van der Waals surface area contributed by atoms with Gasteiger partial charge in [0, 0.05) is 12.1 Å². The van der Waals surface area contributed by atoms with E-state index in [0.29, 0.717) is 48.6 Å². The molecule has 0 spiro atoms. The van der Waals surface area contributed by atoms with Crippen molar-refractivity contribution in [3.05, 3.63) is 30.3 Å². The maximum Gasteiger partial charge on any atom is 0.273 e. The van der Waals surface area contributed by atoms with Crippen LogP contribution < -0.4 is 20.1 Å². The lowest BCUT2D eigenvalue weighted by Gasteiger charge is -2.18. The summed E-state index contributed by atoms with van der Waals surface area (Å²) in [5, 5.41) is 6.27. The highest BCUT2D eigenvalue weighted by atomic mass is 16.6. The van der Waals surface area contributed by atoms with E-state index >= 15 is 0 Å². The molecule has 3 heterocycles. The number of rotatable bonds is 5. The van der Waals surface area contributed by atoms with Crippen LogP contribution in [0.4, 0.5) is 0 Å². The summed E-state index contributed by atoms with van der Waals surface area (Å²) in [6.45, 7) is 3.78. The summed E-state index contributed by atoms with van der Waals surface area (Å²) < 4.78 is 16.6. The number of carbonyl (C=O) groups is 1. The number of hydrogen-bond acceptors (Lipinski definition) is 6. The molecule has 7 heteroatoms. The topological polar surface area (TPSA) is 85.6 Å². The lowest BCUT2D eigenvalue weighted by molar-refractivity contribution is 0.0947. The summed E-state index contributed by atoms with van der Waals surface area (Å²) in [5.74, 6) is 2.21. The molecule has 0 saturated carbocycles. The Labute approximate surface area is 145 Å². The van der Waals surface area contributed by atoms with E-state index in [9.17, 15) is 4.79 Å². The Hall–Kier alpha value is -2.54. The zero-order chi connectivity index (χ0) is 17.1. The predicted molar refractivity (Wildman–Crippen MR) is 90.9 cm³/mol. The van der Waals surface area contributed by atoms with E-state index in [-0.39, 0.29) is 5.91 Å². The summed E-state index contributed by atoms with van der Waals surface area (Å²) in [4.78, 5) is 16.5. The number of nitrogens with zero attached hydrogens (tertiary/aromatic N) is 1. The molecular formula is C18H21N3O4. The van der Waals surface area contributed by atoms with Gasteiger partial charge >= 0.3 is 0 Å². The number of nitrogens with one attached hydrogen (secondary N) is 2. The number of carbonyl (C=O) groups excluding carboxylic acids is 1. The second-order valence-corrected chi connectivity index (χ2v) is 6.29. The zero-order valence-corrected chi connectivity index (χ0v) is 13.9. The van der Waals surface area contributed by atoms with Gasteiger partial charge < -0.3 is 24.5 Å². The summed E-state index contributed by atoms with van der Waals surface area (Å²) in [6, 6.07) is 5.48. The second kappa shape index (κ2) is 7.14. The Morgan fingerprint density at radius 1 is 1.28 bits per heavy atom. The predicted octanol–water partition coefficient (Wildman–Crippen LogP) is 1.84. The number of hydrogen-bond donors (Lipinski definition) is 2. The van der Waals surface area contributed by atoms with Gasteiger partial charge in [0.1, 0.15) is 13.2 Å². The summed E-state index contributed by atoms with van der Waals surface area (Å²) in [5.41, 5.74) is 1.04. The van der Waals surface area contributed by atoms with Crippen molar-refractivity contribution in [1.29, 1.82) is 0 Å². The van der Waals surface area contributed by atoms with E-state index in [0.717, 1.165) is 25.1 Å². The first kappa shape index (κ1) is 16.0. The highest BCUT2D eigenvalue weighted by molar-refractivity contribution is 5.97. The maximum absolute atomic E-state index is 12.5. The first-order valence-corrected chi connectivity index (χ1v) is 8.63. The minimum absolute atomic E-state index is 0.218. The van der Waals surface area contributed by atoms with Crippen molar-refractivity contribution < 1.29 is 18.7 Å². The van der Waals surface area contributed by atoms with Crippen molar-refractivity contribution in [2.45, 2.75) is 12.8 Å². The Balaban J connectivity index is 1.45. The first-order chi connectivity index (χ1) is 12.3. The maximum atomic E-state index is 12.5. The van der Waals surface area contributed by atoms with Crippen LogP contribution >= 0.6 is 0 Å². The molecule has 1 saturated heterocycles.